The molecule has 0 aromatic rings. The molecule has 3 N–H and O–H groups in total. The fourth-order valence-corrected chi connectivity index (χ4v) is 8.66. The topological polar surface area (TPSA) is 60.7 Å². The van der Waals surface area contributed by atoms with Crippen LogP contribution < -0.4 is 0 Å². The molecule has 172 valence electrons. The van der Waals surface area contributed by atoms with Crippen molar-refractivity contribution in [2.24, 2.45) is 40.4 Å². The molecule has 30 heavy (non-hydrogen) atoms. The molecule has 0 radical (unpaired) electrons. The summed E-state index contributed by atoms with van der Waals surface area (Å²) in [5, 5.41) is 31.6. The molecular formula is C27H46O3. The van der Waals surface area contributed by atoms with Crippen molar-refractivity contribution in [3.63, 3.8) is 0 Å². The van der Waals surface area contributed by atoms with Crippen molar-refractivity contribution in [3.8, 4) is 0 Å². The number of fused-ring (bicyclic) bond motifs is 5. The third-order valence-corrected chi connectivity index (χ3v) is 10.3. The highest BCUT2D eigenvalue weighted by atomic mass is 16.3. The van der Waals surface area contributed by atoms with E-state index in [9.17, 15) is 15.3 Å². The van der Waals surface area contributed by atoms with Crippen molar-refractivity contribution in [2.75, 3.05) is 0 Å². The number of hydrogen-bond donors (Lipinski definition) is 3. The van der Waals surface area contributed by atoms with E-state index in [1.165, 1.54) is 37.7 Å². The SMILES string of the molecule is CC(CCCC(C)(C)O)C1CCC2C3C(CC[C@]12C)[C@@]1(C)CCC(O)CC1=C[C@H]3O. The van der Waals surface area contributed by atoms with Crippen LogP contribution in [0.3, 0.4) is 0 Å². The second-order valence-electron chi connectivity index (χ2n) is 12.7. The van der Waals surface area contributed by atoms with Gasteiger partial charge >= 0.3 is 0 Å². The predicted molar refractivity (Wildman–Crippen MR) is 122 cm³/mol. The van der Waals surface area contributed by atoms with E-state index in [2.05, 4.69) is 26.8 Å². The van der Waals surface area contributed by atoms with Crippen molar-refractivity contribution in [2.45, 2.75) is 117 Å². The predicted octanol–water partition coefficient (Wildman–Crippen LogP) is 5.47. The Kier molecular flexibility index (Phi) is 5.99. The molecule has 3 saturated carbocycles. The quantitative estimate of drug-likeness (QED) is 0.519. The van der Waals surface area contributed by atoms with Crippen molar-refractivity contribution in [1.29, 1.82) is 0 Å². The van der Waals surface area contributed by atoms with Crippen LogP contribution in [0.1, 0.15) is 98.8 Å². The highest BCUT2D eigenvalue weighted by Crippen LogP contribution is 2.67. The largest absolute Gasteiger partial charge is 0.393 e. The van der Waals surface area contributed by atoms with Crippen LogP contribution in [0.2, 0.25) is 0 Å². The van der Waals surface area contributed by atoms with Crippen LogP contribution in [0, 0.1) is 40.4 Å². The molecule has 0 saturated heterocycles. The third kappa shape index (κ3) is 3.82. The minimum absolute atomic E-state index is 0.181. The van der Waals surface area contributed by atoms with Gasteiger partial charge in [0.2, 0.25) is 0 Å². The van der Waals surface area contributed by atoms with E-state index < -0.39 is 5.60 Å². The van der Waals surface area contributed by atoms with Gasteiger partial charge in [0.05, 0.1) is 17.8 Å². The summed E-state index contributed by atoms with van der Waals surface area (Å²) in [6.45, 7) is 11.2. The van der Waals surface area contributed by atoms with Gasteiger partial charge in [0.25, 0.3) is 0 Å². The maximum Gasteiger partial charge on any atom is 0.0757 e. The summed E-state index contributed by atoms with van der Waals surface area (Å²) in [7, 11) is 0. The van der Waals surface area contributed by atoms with Crippen molar-refractivity contribution in [3.05, 3.63) is 11.6 Å². The molecule has 0 bridgehead atoms. The highest BCUT2D eigenvalue weighted by Gasteiger charge is 2.61. The molecule has 4 aliphatic rings. The molecule has 0 aromatic carbocycles. The fraction of sp³-hybridized carbons (Fsp3) is 0.926. The minimum Gasteiger partial charge on any atom is -0.393 e. The maximum atomic E-state index is 11.3. The lowest BCUT2D eigenvalue weighted by Crippen LogP contribution is -2.54. The lowest BCUT2D eigenvalue weighted by atomic mass is 9.46. The first kappa shape index (κ1) is 22.8. The van der Waals surface area contributed by atoms with Gasteiger partial charge in [-0.2, -0.15) is 0 Å². The molecule has 0 amide bonds. The summed E-state index contributed by atoms with van der Waals surface area (Å²) >= 11 is 0. The number of hydrogen-bond acceptors (Lipinski definition) is 3. The molecule has 3 fully saturated rings. The van der Waals surface area contributed by atoms with E-state index in [1.54, 1.807) is 0 Å². The second kappa shape index (κ2) is 7.89. The Morgan fingerprint density at radius 3 is 2.50 bits per heavy atom. The molecule has 4 aliphatic carbocycles. The van der Waals surface area contributed by atoms with Gasteiger partial charge in [0.15, 0.2) is 0 Å². The smallest absolute Gasteiger partial charge is 0.0757 e. The average molecular weight is 419 g/mol. The van der Waals surface area contributed by atoms with E-state index in [4.69, 9.17) is 0 Å². The van der Waals surface area contributed by atoms with Gasteiger partial charge in [-0.3, -0.25) is 0 Å². The van der Waals surface area contributed by atoms with E-state index >= 15 is 0 Å². The van der Waals surface area contributed by atoms with E-state index in [0.717, 1.165) is 38.0 Å². The molecule has 0 aromatic heterocycles. The molecule has 0 heterocycles. The first-order valence-corrected chi connectivity index (χ1v) is 12.8. The minimum atomic E-state index is -0.556. The zero-order chi connectivity index (χ0) is 21.9. The summed E-state index contributed by atoms with van der Waals surface area (Å²) in [5.41, 5.74) is 1.31. The molecule has 0 spiro atoms. The molecular weight excluding hydrogens is 372 g/mol. The summed E-state index contributed by atoms with van der Waals surface area (Å²) in [5.74, 6) is 3.01. The number of aliphatic hydroxyl groups is 3. The van der Waals surface area contributed by atoms with Gasteiger partial charge < -0.3 is 15.3 Å². The average Bonchev–Trinajstić information content (AvgIpc) is 2.99. The second-order valence-corrected chi connectivity index (χ2v) is 12.7. The summed E-state index contributed by atoms with van der Waals surface area (Å²) in [6, 6.07) is 0. The van der Waals surface area contributed by atoms with Crippen LogP contribution in [0.4, 0.5) is 0 Å². The molecule has 3 nitrogen and oxygen atoms in total. The molecule has 9 atom stereocenters. The monoisotopic (exact) mass is 418 g/mol. The Hall–Kier alpha value is -0.380. The van der Waals surface area contributed by atoms with Crippen molar-refractivity contribution in [1.82, 2.24) is 0 Å². The standard InChI is InChI=1S/C27H46O3/c1-17(7-6-12-25(2,3)30)20-8-9-21-24-22(11-14-27(20,21)5)26(4)13-10-19(28)15-18(26)16-23(24)29/h16-17,19-24,28-30H,6-15H2,1-5H3/t17?,19?,20?,21?,22?,23-,24?,26+,27-/m1/s1. The summed E-state index contributed by atoms with van der Waals surface area (Å²) in [4.78, 5) is 0. The maximum absolute atomic E-state index is 11.3. The number of rotatable bonds is 5. The van der Waals surface area contributed by atoms with Gasteiger partial charge in [0.1, 0.15) is 0 Å². The van der Waals surface area contributed by atoms with Gasteiger partial charge in [-0.25, -0.2) is 0 Å². The molecule has 0 aliphatic heterocycles. The molecule has 6 unspecified atom stereocenters. The Morgan fingerprint density at radius 2 is 1.80 bits per heavy atom. The van der Waals surface area contributed by atoms with Crippen LogP contribution in [0.25, 0.3) is 0 Å². The van der Waals surface area contributed by atoms with Crippen molar-refractivity contribution >= 4 is 0 Å². The Morgan fingerprint density at radius 1 is 1.07 bits per heavy atom. The lowest BCUT2D eigenvalue weighted by Gasteiger charge is -2.59. The Balaban J connectivity index is 1.52. The van der Waals surface area contributed by atoms with Gasteiger partial charge in [-0.05, 0) is 106 Å². The fourth-order valence-electron chi connectivity index (χ4n) is 8.66. The highest BCUT2D eigenvalue weighted by molar-refractivity contribution is 5.27. The number of aliphatic hydroxyl groups excluding tert-OH is 2. The first-order valence-electron chi connectivity index (χ1n) is 12.8. The zero-order valence-corrected chi connectivity index (χ0v) is 20.0. The van der Waals surface area contributed by atoms with Crippen LogP contribution in [0.5, 0.6) is 0 Å². The molecule has 4 rings (SSSR count). The van der Waals surface area contributed by atoms with Gasteiger partial charge in [-0.15, -0.1) is 0 Å². The summed E-state index contributed by atoms with van der Waals surface area (Å²) < 4.78 is 0. The Bertz CT molecular complexity index is 664. The Labute approximate surface area is 184 Å². The normalized spacial score (nSPS) is 47.1. The lowest BCUT2D eigenvalue weighted by molar-refractivity contribution is -0.0971. The van der Waals surface area contributed by atoms with E-state index in [0.29, 0.717) is 29.1 Å². The zero-order valence-electron chi connectivity index (χ0n) is 20.0. The van der Waals surface area contributed by atoms with E-state index in [-0.39, 0.29) is 17.6 Å². The van der Waals surface area contributed by atoms with Crippen LogP contribution in [-0.4, -0.2) is 33.1 Å². The third-order valence-electron chi connectivity index (χ3n) is 10.3. The summed E-state index contributed by atoms with van der Waals surface area (Å²) in [6.07, 6.45) is 12.6. The van der Waals surface area contributed by atoms with Crippen LogP contribution >= 0.6 is 0 Å². The van der Waals surface area contributed by atoms with Crippen molar-refractivity contribution < 1.29 is 15.3 Å². The first-order chi connectivity index (χ1) is 14.0. The van der Waals surface area contributed by atoms with Gasteiger partial charge in [0, 0.05) is 0 Å². The molecule has 3 heteroatoms. The van der Waals surface area contributed by atoms with Crippen LogP contribution in [-0.2, 0) is 0 Å². The van der Waals surface area contributed by atoms with Crippen LogP contribution in [0.15, 0.2) is 11.6 Å². The van der Waals surface area contributed by atoms with E-state index in [1.807, 2.05) is 13.8 Å². The van der Waals surface area contributed by atoms with Gasteiger partial charge in [-0.1, -0.05) is 45.3 Å².